The molecule has 62 heavy (non-hydrogen) atoms. The molecule has 1 saturated carbocycles. The molecule has 0 heterocycles. The molecule has 0 saturated heterocycles. The highest BCUT2D eigenvalue weighted by molar-refractivity contribution is 7.47. The van der Waals surface area contributed by atoms with Gasteiger partial charge in [0.15, 0.2) is 6.10 Å². The molecule has 14 heteroatoms. The van der Waals surface area contributed by atoms with Crippen LogP contribution >= 0.6 is 7.82 Å². The second-order valence-electron chi connectivity index (χ2n) is 17.7. The molecule has 0 amide bonds. The van der Waals surface area contributed by atoms with Gasteiger partial charge in [0, 0.05) is 12.8 Å². The fourth-order valence-corrected chi connectivity index (χ4v) is 8.79. The number of phosphoric acid groups is 1. The van der Waals surface area contributed by atoms with Crippen LogP contribution in [0.2, 0.25) is 0 Å². The number of aliphatic hydroxyl groups is 5. The van der Waals surface area contributed by atoms with Gasteiger partial charge in [-0.2, -0.15) is 0 Å². The Morgan fingerprint density at radius 1 is 0.484 bits per heavy atom. The second-order valence-corrected chi connectivity index (χ2v) is 19.1. The minimum absolute atomic E-state index is 0.0912. The van der Waals surface area contributed by atoms with Gasteiger partial charge in [-0.05, 0) is 38.5 Å². The zero-order valence-corrected chi connectivity index (χ0v) is 39.8. The van der Waals surface area contributed by atoms with Crippen molar-refractivity contribution in [1.29, 1.82) is 0 Å². The SMILES string of the molecule is CCCCCCCCC/C=C\CCCCCCCC(=O)OC(COC(=O)CCCCCCCCCCCCCCCCCCC)COP(=O)(O)OC1C(O)C(O)C(O)C(O)C1O. The summed E-state index contributed by atoms with van der Waals surface area (Å²) in [4.78, 5) is 35.8. The van der Waals surface area contributed by atoms with Crippen molar-refractivity contribution in [3.05, 3.63) is 12.2 Å². The minimum atomic E-state index is -5.12. The summed E-state index contributed by atoms with van der Waals surface area (Å²) in [6, 6.07) is 0. The van der Waals surface area contributed by atoms with Crippen LogP contribution in [0.3, 0.4) is 0 Å². The molecule has 366 valence electrons. The van der Waals surface area contributed by atoms with Crippen molar-refractivity contribution in [1.82, 2.24) is 0 Å². The molecule has 0 aliphatic heterocycles. The Morgan fingerprint density at radius 3 is 1.23 bits per heavy atom. The van der Waals surface area contributed by atoms with Gasteiger partial charge in [-0.3, -0.25) is 18.6 Å². The van der Waals surface area contributed by atoms with E-state index in [1.165, 1.54) is 128 Å². The Morgan fingerprint density at radius 2 is 0.823 bits per heavy atom. The maximum absolute atomic E-state index is 12.8. The van der Waals surface area contributed by atoms with Gasteiger partial charge in [-0.25, -0.2) is 4.57 Å². The van der Waals surface area contributed by atoms with Crippen molar-refractivity contribution >= 4 is 19.8 Å². The lowest BCUT2D eigenvalue weighted by molar-refractivity contribution is -0.220. The van der Waals surface area contributed by atoms with E-state index >= 15 is 0 Å². The highest BCUT2D eigenvalue weighted by Crippen LogP contribution is 2.47. The van der Waals surface area contributed by atoms with Crippen LogP contribution in [0.4, 0.5) is 0 Å². The van der Waals surface area contributed by atoms with Crippen LogP contribution in [-0.2, 0) is 32.7 Å². The predicted octanol–water partition coefficient (Wildman–Crippen LogP) is 10.2. The van der Waals surface area contributed by atoms with E-state index in [0.29, 0.717) is 12.8 Å². The number of esters is 2. The van der Waals surface area contributed by atoms with Gasteiger partial charge >= 0.3 is 19.8 Å². The molecule has 0 aromatic carbocycles. The first-order chi connectivity index (χ1) is 29.9. The lowest BCUT2D eigenvalue weighted by Gasteiger charge is -2.41. The summed E-state index contributed by atoms with van der Waals surface area (Å²) in [6.45, 7) is 3.32. The van der Waals surface area contributed by atoms with E-state index in [-0.39, 0.29) is 12.8 Å². The number of carbonyl (C=O) groups excluding carboxylic acids is 2. The maximum atomic E-state index is 12.8. The van der Waals surface area contributed by atoms with E-state index in [4.69, 9.17) is 18.5 Å². The maximum Gasteiger partial charge on any atom is 0.472 e. The second kappa shape index (κ2) is 38.8. The van der Waals surface area contributed by atoms with Crippen molar-refractivity contribution in [2.75, 3.05) is 13.2 Å². The van der Waals surface area contributed by atoms with E-state index in [1.54, 1.807) is 0 Å². The van der Waals surface area contributed by atoms with Crippen molar-refractivity contribution in [3.63, 3.8) is 0 Å². The molecule has 0 aromatic rings. The van der Waals surface area contributed by atoms with Crippen LogP contribution in [0.5, 0.6) is 0 Å². The summed E-state index contributed by atoms with van der Waals surface area (Å²) in [6.07, 6.45) is 28.3. The van der Waals surface area contributed by atoms with E-state index in [2.05, 4.69) is 26.0 Å². The summed E-state index contributed by atoms with van der Waals surface area (Å²) in [5.41, 5.74) is 0. The fraction of sp³-hybridized carbons (Fsp3) is 0.917. The lowest BCUT2D eigenvalue weighted by atomic mass is 9.85. The van der Waals surface area contributed by atoms with Gasteiger partial charge in [0.05, 0.1) is 6.61 Å². The van der Waals surface area contributed by atoms with Crippen LogP contribution in [0.15, 0.2) is 12.2 Å². The average Bonchev–Trinajstić information content (AvgIpc) is 3.25. The van der Waals surface area contributed by atoms with Crippen LogP contribution in [0.25, 0.3) is 0 Å². The number of unbranched alkanes of at least 4 members (excludes halogenated alkanes) is 28. The fourth-order valence-electron chi connectivity index (χ4n) is 7.81. The predicted molar refractivity (Wildman–Crippen MR) is 244 cm³/mol. The minimum Gasteiger partial charge on any atom is -0.462 e. The molecule has 0 aromatic heterocycles. The number of aliphatic hydroxyl groups excluding tert-OH is 5. The molecule has 0 radical (unpaired) electrons. The molecule has 1 rings (SSSR count). The summed E-state index contributed by atoms with van der Waals surface area (Å²) in [5, 5.41) is 50.2. The first-order valence-corrected chi connectivity index (χ1v) is 26.5. The molecule has 6 unspecified atom stereocenters. The third-order valence-corrected chi connectivity index (χ3v) is 12.8. The number of rotatable bonds is 42. The van der Waals surface area contributed by atoms with E-state index in [0.717, 1.165) is 57.8 Å². The van der Waals surface area contributed by atoms with Crippen molar-refractivity contribution in [3.8, 4) is 0 Å². The molecule has 6 atom stereocenters. The molecule has 1 fully saturated rings. The summed E-state index contributed by atoms with van der Waals surface area (Å²) in [5.74, 6) is -1.10. The number of hydrogen-bond donors (Lipinski definition) is 6. The first kappa shape index (κ1) is 58.6. The standard InChI is InChI=1S/C48H91O13P/c1-3-5-7-9-11-13-15-17-19-21-23-24-26-28-30-32-34-36-41(49)58-38-40(39-59-62(56,57)61-48-46(54)44(52)43(51)45(53)47(48)55)60-42(50)37-35-33-31-29-27-25-22-20-18-16-14-12-10-8-6-4-2/h20,22,40,43-48,51-55H,3-19,21,23-39H2,1-2H3,(H,56,57)/b22-20-. The molecule has 6 N–H and O–H groups in total. The van der Waals surface area contributed by atoms with Crippen LogP contribution in [0.1, 0.15) is 226 Å². The van der Waals surface area contributed by atoms with E-state index < -0.39 is 75.7 Å². The Kier molecular flexibility index (Phi) is 36.7. The molecular formula is C48H91O13P. The largest absolute Gasteiger partial charge is 0.472 e. The number of ether oxygens (including phenoxy) is 2. The third kappa shape index (κ3) is 30.7. The van der Waals surface area contributed by atoms with Crippen molar-refractivity contribution in [2.45, 2.75) is 268 Å². The zero-order chi connectivity index (χ0) is 45.7. The molecule has 0 bridgehead atoms. The molecule has 1 aliphatic rings. The molecular weight excluding hydrogens is 815 g/mol. The van der Waals surface area contributed by atoms with Gasteiger partial charge in [0.2, 0.25) is 0 Å². The number of phosphoric ester groups is 1. The van der Waals surface area contributed by atoms with Gasteiger partial charge in [-0.1, -0.05) is 187 Å². The monoisotopic (exact) mass is 907 g/mol. The number of carbonyl (C=O) groups is 2. The Bertz CT molecular complexity index is 1140. The van der Waals surface area contributed by atoms with Gasteiger partial charge < -0.3 is 39.9 Å². The number of allylic oxidation sites excluding steroid dienone is 2. The third-order valence-electron chi connectivity index (χ3n) is 11.9. The normalized spacial score (nSPS) is 21.9. The van der Waals surface area contributed by atoms with Crippen molar-refractivity contribution < 1.29 is 63.1 Å². The Balaban J connectivity index is 2.41. The highest BCUT2D eigenvalue weighted by Gasteiger charge is 2.51. The lowest BCUT2D eigenvalue weighted by Crippen LogP contribution is -2.64. The zero-order valence-electron chi connectivity index (χ0n) is 38.9. The summed E-state index contributed by atoms with van der Waals surface area (Å²) >= 11 is 0. The molecule has 0 spiro atoms. The summed E-state index contributed by atoms with van der Waals surface area (Å²) in [7, 11) is -5.12. The van der Waals surface area contributed by atoms with Crippen molar-refractivity contribution in [2.24, 2.45) is 0 Å². The molecule has 1 aliphatic carbocycles. The smallest absolute Gasteiger partial charge is 0.462 e. The van der Waals surface area contributed by atoms with Crippen LogP contribution in [-0.4, -0.2) is 98.3 Å². The molecule has 13 nitrogen and oxygen atoms in total. The van der Waals surface area contributed by atoms with Gasteiger partial charge in [0.25, 0.3) is 0 Å². The van der Waals surface area contributed by atoms with E-state index in [9.17, 15) is 44.6 Å². The van der Waals surface area contributed by atoms with Gasteiger partial charge in [-0.15, -0.1) is 0 Å². The first-order valence-electron chi connectivity index (χ1n) is 25.0. The van der Waals surface area contributed by atoms with Crippen LogP contribution in [0, 0.1) is 0 Å². The Labute approximate surface area is 375 Å². The number of hydrogen-bond acceptors (Lipinski definition) is 12. The highest BCUT2D eigenvalue weighted by atomic mass is 31.2. The van der Waals surface area contributed by atoms with Gasteiger partial charge in [0.1, 0.15) is 43.2 Å². The van der Waals surface area contributed by atoms with Crippen LogP contribution < -0.4 is 0 Å². The Hall–Kier alpha value is -1.41. The van der Waals surface area contributed by atoms with E-state index in [1.807, 2.05) is 0 Å². The quantitative estimate of drug-likeness (QED) is 0.0146. The topological polar surface area (TPSA) is 210 Å². The summed E-state index contributed by atoms with van der Waals surface area (Å²) < 4.78 is 33.6. The average molecular weight is 907 g/mol.